The van der Waals surface area contributed by atoms with Crippen molar-refractivity contribution in [3.63, 3.8) is 0 Å². The molecule has 2 rings (SSSR count). The van der Waals surface area contributed by atoms with Crippen LogP contribution in [0.3, 0.4) is 0 Å². The Morgan fingerprint density at radius 2 is 2.00 bits per heavy atom. The van der Waals surface area contributed by atoms with E-state index in [1.807, 2.05) is 0 Å². The Labute approximate surface area is 85.3 Å². The first kappa shape index (κ1) is 10.9. The Morgan fingerprint density at radius 1 is 1.33 bits per heavy atom. The van der Waals surface area contributed by atoms with E-state index in [0.29, 0.717) is 24.3 Å². The van der Waals surface area contributed by atoms with Crippen LogP contribution in [0.2, 0.25) is 0 Å². The summed E-state index contributed by atoms with van der Waals surface area (Å²) in [7, 11) is 0. The molecule has 0 atom stereocenters. The Hall–Kier alpha value is -2.13. The lowest BCUT2D eigenvalue weighted by Crippen LogP contribution is -2.14. The van der Waals surface area contributed by atoms with Crippen LogP contribution < -0.4 is 4.74 Å². The van der Waals surface area contributed by atoms with Crippen molar-refractivity contribution in [1.29, 1.82) is 0 Å². The number of carbonyl (C=O) groups is 1. The van der Waals surface area contributed by atoms with E-state index in [0.717, 1.165) is 0 Å². The highest BCUT2D eigenvalue weighted by molar-refractivity contribution is 5.99. The molecule has 1 aromatic carbocycles. The van der Waals surface area contributed by atoms with Crippen molar-refractivity contribution >= 4 is 11.9 Å². The van der Waals surface area contributed by atoms with Gasteiger partial charge in [0.2, 0.25) is 0 Å². The number of ketones is 1. The van der Waals surface area contributed by atoms with E-state index in [1.165, 1.54) is 12.1 Å². The lowest BCUT2D eigenvalue weighted by Gasteiger charge is -2.15. The lowest BCUT2D eigenvalue weighted by molar-refractivity contribution is -0.191. The summed E-state index contributed by atoms with van der Waals surface area (Å²) in [5.41, 5.74) is 0.569. The quantitative estimate of drug-likeness (QED) is 0.681. The van der Waals surface area contributed by atoms with Gasteiger partial charge >= 0.3 is 6.15 Å². The van der Waals surface area contributed by atoms with Gasteiger partial charge in [0.15, 0.2) is 5.78 Å². The van der Waals surface area contributed by atoms with E-state index in [4.69, 9.17) is 19.4 Å². The van der Waals surface area contributed by atoms with Gasteiger partial charge in [-0.2, -0.15) is 9.59 Å². The van der Waals surface area contributed by atoms with Crippen LogP contribution in [0.25, 0.3) is 0 Å². The molecule has 5 nitrogen and oxygen atoms in total. The van der Waals surface area contributed by atoms with Gasteiger partial charge in [0.1, 0.15) is 11.5 Å². The smallest absolute Gasteiger partial charge is 0.373 e. The molecule has 0 unspecified atom stereocenters. The predicted octanol–water partition coefficient (Wildman–Crippen LogP) is 0.774. The predicted molar refractivity (Wildman–Crippen MR) is 47.6 cm³/mol. The summed E-state index contributed by atoms with van der Waals surface area (Å²) in [5.74, 6) is 0.700. The normalized spacial score (nSPS) is 12.7. The van der Waals surface area contributed by atoms with Crippen LogP contribution in [0, 0.1) is 0 Å². The van der Waals surface area contributed by atoms with E-state index in [1.54, 1.807) is 6.07 Å². The van der Waals surface area contributed by atoms with Gasteiger partial charge in [-0.25, -0.2) is 0 Å². The van der Waals surface area contributed by atoms with Crippen LogP contribution in [0.4, 0.5) is 0 Å². The summed E-state index contributed by atoms with van der Waals surface area (Å²) < 4.78 is 5.19. The maximum Gasteiger partial charge on any atom is 0.373 e. The lowest BCUT2D eigenvalue weighted by atomic mass is 10.1. The molecule has 0 bridgehead atoms. The fourth-order valence-electron chi connectivity index (χ4n) is 1.25. The monoisotopic (exact) mass is 208 g/mol. The minimum atomic E-state index is 0.0799. The van der Waals surface area contributed by atoms with Crippen LogP contribution in [-0.4, -0.2) is 23.6 Å². The highest BCUT2D eigenvalue weighted by Gasteiger charge is 2.17. The van der Waals surface area contributed by atoms with E-state index in [2.05, 4.69) is 0 Å². The summed E-state index contributed by atoms with van der Waals surface area (Å²) in [4.78, 5) is 27.5. The van der Waals surface area contributed by atoms with E-state index in [9.17, 15) is 4.79 Å². The summed E-state index contributed by atoms with van der Waals surface area (Å²) >= 11 is 0. The zero-order chi connectivity index (χ0) is 11.3. The van der Waals surface area contributed by atoms with Crippen molar-refractivity contribution < 1.29 is 24.2 Å². The number of benzene rings is 1. The van der Waals surface area contributed by atoms with Crippen LogP contribution >= 0.6 is 0 Å². The van der Waals surface area contributed by atoms with Crippen molar-refractivity contribution in [2.45, 2.75) is 6.42 Å². The summed E-state index contributed by atoms with van der Waals surface area (Å²) in [6.07, 6.45) is 0.678. The number of aromatic hydroxyl groups is 1. The number of fused-ring (bicyclic) bond motifs is 1. The molecular weight excluding hydrogens is 200 g/mol. The molecule has 1 aromatic rings. The molecule has 0 aliphatic carbocycles. The third kappa shape index (κ3) is 2.65. The molecule has 1 heterocycles. The van der Waals surface area contributed by atoms with Crippen molar-refractivity contribution in [2.24, 2.45) is 0 Å². The van der Waals surface area contributed by atoms with Gasteiger partial charge in [0.25, 0.3) is 0 Å². The second-order valence-electron chi connectivity index (χ2n) is 2.79. The van der Waals surface area contributed by atoms with Gasteiger partial charge in [-0.3, -0.25) is 4.79 Å². The van der Waals surface area contributed by atoms with Gasteiger partial charge in [-0.05, 0) is 12.1 Å². The number of ether oxygens (including phenoxy) is 1. The second-order valence-corrected chi connectivity index (χ2v) is 2.79. The molecule has 0 amide bonds. The Kier molecular flexibility index (Phi) is 3.60. The number of phenolic OH excluding ortho intramolecular Hbond substituents is 1. The first-order valence-electron chi connectivity index (χ1n) is 4.17. The largest absolute Gasteiger partial charge is 0.508 e. The Bertz CT molecular complexity index is 404. The molecule has 0 saturated heterocycles. The number of Topliss-reactive ketones (excluding diaryl/α,β-unsaturated/α-hetero) is 1. The SMILES string of the molecule is O=C1CCOc2cc(O)ccc21.O=C=O. The molecule has 0 aromatic heterocycles. The van der Waals surface area contributed by atoms with Crippen LogP contribution in [0.15, 0.2) is 18.2 Å². The van der Waals surface area contributed by atoms with Gasteiger partial charge in [0.05, 0.1) is 12.2 Å². The van der Waals surface area contributed by atoms with E-state index >= 15 is 0 Å². The van der Waals surface area contributed by atoms with Gasteiger partial charge < -0.3 is 9.84 Å². The molecular formula is C10H8O5. The second kappa shape index (κ2) is 4.93. The van der Waals surface area contributed by atoms with Crippen molar-refractivity contribution in [1.82, 2.24) is 0 Å². The topological polar surface area (TPSA) is 80.7 Å². The molecule has 1 aliphatic heterocycles. The molecule has 5 heteroatoms. The first-order chi connectivity index (χ1) is 7.19. The highest BCUT2D eigenvalue weighted by Crippen LogP contribution is 2.27. The van der Waals surface area contributed by atoms with Crippen molar-refractivity contribution in [3.8, 4) is 11.5 Å². The fraction of sp³-hybridized carbons (Fsp3) is 0.200. The molecule has 15 heavy (non-hydrogen) atoms. The maximum absolute atomic E-state index is 11.2. The van der Waals surface area contributed by atoms with Crippen molar-refractivity contribution in [3.05, 3.63) is 23.8 Å². The third-order valence-corrected chi connectivity index (χ3v) is 1.85. The standard InChI is InChI=1S/C9H8O3.CO2/c10-6-1-2-7-8(11)3-4-12-9(7)5-6;2-1-3/h1-2,5,10H,3-4H2;. The number of carbonyl (C=O) groups excluding carboxylic acids is 3. The molecule has 0 saturated carbocycles. The Morgan fingerprint density at radius 3 is 2.67 bits per heavy atom. The van der Waals surface area contributed by atoms with Gasteiger partial charge in [-0.15, -0.1) is 0 Å². The molecule has 1 N–H and O–H groups in total. The number of hydrogen-bond acceptors (Lipinski definition) is 5. The van der Waals surface area contributed by atoms with Crippen LogP contribution in [0.5, 0.6) is 11.5 Å². The minimum absolute atomic E-state index is 0.0799. The van der Waals surface area contributed by atoms with Gasteiger partial charge in [-0.1, -0.05) is 0 Å². The average molecular weight is 208 g/mol. The van der Waals surface area contributed by atoms with Gasteiger partial charge in [0, 0.05) is 12.5 Å². The van der Waals surface area contributed by atoms with Crippen LogP contribution in [-0.2, 0) is 9.59 Å². The van der Waals surface area contributed by atoms with Crippen LogP contribution in [0.1, 0.15) is 16.8 Å². The molecule has 1 aliphatic rings. The van der Waals surface area contributed by atoms with E-state index < -0.39 is 0 Å². The summed E-state index contributed by atoms with van der Waals surface area (Å²) in [6.45, 7) is 0.412. The third-order valence-electron chi connectivity index (χ3n) is 1.85. The van der Waals surface area contributed by atoms with E-state index in [-0.39, 0.29) is 17.7 Å². The van der Waals surface area contributed by atoms with Crippen molar-refractivity contribution in [2.75, 3.05) is 6.61 Å². The molecule has 78 valence electrons. The molecule has 0 spiro atoms. The fourth-order valence-corrected chi connectivity index (χ4v) is 1.25. The summed E-state index contributed by atoms with van der Waals surface area (Å²) in [6, 6.07) is 4.55. The Balaban J connectivity index is 0.000000337. The first-order valence-corrected chi connectivity index (χ1v) is 4.17. The average Bonchev–Trinajstić information content (AvgIpc) is 2.19. The maximum atomic E-state index is 11.2. The zero-order valence-corrected chi connectivity index (χ0v) is 7.73. The zero-order valence-electron chi connectivity index (χ0n) is 7.73. The number of hydrogen-bond donors (Lipinski definition) is 1. The molecule has 0 fully saturated rings. The number of rotatable bonds is 0. The number of phenols is 1. The molecule has 0 radical (unpaired) electrons. The minimum Gasteiger partial charge on any atom is -0.508 e. The highest BCUT2D eigenvalue weighted by atomic mass is 16.5. The summed E-state index contributed by atoms with van der Waals surface area (Å²) in [5, 5.41) is 9.08.